The molecule has 8 heteroatoms. The molecule has 1 unspecified atom stereocenters. The van der Waals surface area contributed by atoms with Gasteiger partial charge in [0.15, 0.2) is 0 Å². The molecule has 1 aromatic rings. The third-order valence-corrected chi connectivity index (χ3v) is 6.79. The Bertz CT molecular complexity index is 431. The molecule has 1 rings (SSSR count). The van der Waals surface area contributed by atoms with Crippen LogP contribution in [0.15, 0.2) is 5.03 Å². The highest BCUT2D eigenvalue weighted by molar-refractivity contribution is 8.10. The minimum Gasteiger partial charge on any atom is -0.422 e. The Balaban J connectivity index is 3.00. The molecule has 0 saturated heterocycles. The number of hydrogen-bond donors (Lipinski definition) is 0. The number of nitrogens with zero attached hydrogens (tertiary/aromatic N) is 2. The molecule has 1 heterocycles. The van der Waals surface area contributed by atoms with Crippen molar-refractivity contribution in [3.05, 3.63) is 5.02 Å². The first kappa shape index (κ1) is 15.3. The van der Waals surface area contributed by atoms with Gasteiger partial charge in [0.1, 0.15) is 10.0 Å². The zero-order chi connectivity index (χ0) is 13.1. The van der Waals surface area contributed by atoms with E-state index in [1.54, 1.807) is 23.6 Å². The summed E-state index contributed by atoms with van der Waals surface area (Å²) in [5.74, 6) is 1.29. The highest BCUT2D eigenvalue weighted by atomic mass is 35.5. The van der Waals surface area contributed by atoms with Crippen LogP contribution in [0.3, 0.4) is 0 Å². The van der Waals surface area contributed by atoms with Crippen molar-refractivity contribution in [2.24, 2.45) is 7.05 Å². The van der Waals surface area contributed by atoms with Crippen molar-refractivity contribution in [2.45, 2.75) is 18.9 Å². The van der Waals surface area contributed by atoms with Crippen LogP contribution in [0.1, 0.15) is 13.8 Å². The number of aryl methyl sites for hydroxylation is 1. The van der Waals surface area contributed by atoms with Gasteiger partial charge < -0.3 is 9.05 Å². The Morgan fingerprint density at radius 1 is 1.53 bits per heavy atom. The summed E-state index contributed by atoms with van der Waals surface area (Å²) < 4.78 is 12.6. The topological polar surface area (TPSA) is 36.3 Å². The Morgan fingerprint density at radius 2 is 2.18 bits per heavy atom. The summed E-state index contributed by atoms with van der Waals surface area (Å²) in [5, 5.41) is 5.63. The summed E-state index contributed by atoms with van der Waals surface area (Å²) in [5.41, 5.74) is 0. The average molecular weight is 315 g/mol. The summed E-state index contributed by atoms with van der Waals surface area (Å²) in [6.45, 7) is 1.70. The molecule has 1 aromatic heterocycles. The number of aromatic nitrogens is 2. The summed E-state index contributed by atoms with van der Waals surface area (Å²) in [4.78, 5) is 0. The van der Waals surface area contributed by atoms with E-state index < -0.39 is 6.49 Å². The van der Waals surface area contributed by atoms with Crippen molar-refractivity contribution >= 4 is 41.7 Å². The standard InChI is InChI=1S/C9H16ClN2O2PS2/c1-5-15(16,13-4)14-8-7(10)9(17-6-2)12(3)11-8/h5-6H2,1-4H3. The van der Waals surface area contributed by atoms with Gasteiger partial charge in [-0.1, -0.05) is 25.4 Å². The number of hydrogen-bond acceptors (Lipinski definition) is 5. The normalized spacial score (nSPS) is 14.6. The molecule has 4 nitrogen and oxygen atoms in total. The van der Waals surface area contributed by atoms with Crippen LogP contribution in [0.25, 0.3) is 0 Å². The lowest BCUT2D eigenvalue weighted by molar-refractivity contribution is 0.386. The van der Waals surface area contributed by atoms with E-state index in [0.29, 0.717) is 17.1 Å². The SMILES string of the molecule is CCSc1c(Cl)c(OP(=S)(CC)OC)nn1C. The molecule has 0 fully saturated rings. The second-order valence-corrected chi connectivity index (χ2v) is 8.88. The molecule has 0 aliphatic rings. The van der Waals surface area contributed by atoms with Gasteiger partial charge in [0, 0.05) is 20.3 Å². The lowest BCUT2D eigenvalue weighted by atomic mass is 10.7. The van der Waals surface area contributed by atoms with Gasteiger partial charge in [-0.3, -0.25) is 4.68 Å². The third-order valence-electron chi connectivity index (χ3n) is 2.08. The Morgan fingerprint density at radius 3 is 2.65 bits per heavy atom. The van der Waals surface area contributed by atoms with Crippen LogP contribution in [0.5, 0.6) is 5.88 Å². The maximum absolute atomic E-state index is 6.22. The predicted octanol–water partition coefficient (Wildman–Crippen LogP) is 3.54. The molecule has 98 valence electrons. The lowest BCUT2D eigenvalue weighted by Crippen LogP contribution is -1.99. The Kier molecular flexibility index (Phi) is 5.80. The van der Waals surface area contributed by atoms with E-state index in [-0.39, 0.29) is 0 Å². The highest BCUT2D eigenvalue weighted by Gasteiger charge is 2.23. The zero-order valence-electron chi connectivity index (χ0n) is 10.3. The molecule has 0 spiro atoms. The van der Waals surface area contributed by atoms with Gasteiger partial charge in [-0.15, -0.1) is 16.9 Å². The second-order valence-electron chi connectivity index (χ2n) is 3.18. The van der Waals surface area contributed by atoms with E-state index in [0.717, 1.165) is 10.8 Å². The molecular formula is C9H16ClN2O2PS2. The fourth-order valence-electron chi connectivity index (χ4n) is 1.17. The van der Waals surface area contributed by atoms with Crippen molar-refractivity contribution in [3.63, 3.8) is 0 Å². The van der Waals surface area contributed by atoms with E-state index >= 15 is 0 Å². The minimum absolute atomic E-state index is 0.372. The van der Waals surface area contributed by atoms with Gasteiger partial charge in [-0.25, -0.2) is 0 Å². The van der Waals surface area contributed by atoms with Crippen LogP contribution >= 0.6 is 29.9 Å². The van der Waals surface area contributed by atoms with Gasteiger partial charge in [0.2, 0.25) is 6.49 Å². The predicted molar refractivity (Wildman–Crippen MR) is 77.1 cm³/mol. The van der Waals surface area contributed by atoms with Crippen LogP contribution in [-0.4, -0.2) is 28.8 Å². The molecule has 0 bridgehead atoms. The van der Waals surface area contributed by atoms with Crippen molar-refractivity contribution in [2.75, 3.05) is 19.0 Å². The number of rotatable bonds is 6. The van der Waals surface area contributed by atoms with Crippen LogP contribution in [-0.2, 0) is 23.4 Å². The summed E-state index contributed by atoms with van der Waals surface area (Å²) in [6, 6.07) is 0. The molecule has 0 aliphatic heterocycles. The quantitative estimate of drug-likeness (QED) is 0.593. The fourth-order valence-corrected chi connectivity index (χ4v) is 3.37. The minimum atomic E-state index is -2.29. The van der Waals surface area contributed by atoms with Crippen molar-refractivity contribution in [1.29, 1.82) is 0 Å². The van der Waals surface area contributed by atoms with E-state index in [4.69, 9.17) is 32.5 Å². The average Bonchev–Trinajstić information content (AvgIpc) is 2.57. The molecule has 0 aliphatic carbocycles. The van der Waals surface area contributed by atoms with E-state index in [9.17, 15) is 0 Å². The van der Waals surface area contributed by atoms with Gasteiger partial charge >= 0.3 is 0 Å². The summed E-state index contributed by atoms with van der Waals surface area (Å²) in [6.07, 6.45) is 0.641. The van der Waals surface area contributed by atoms with Crippen LogP contribution in [0, 0.1) is 0 Å². The van der Waals surface area contributed by atoms with Crippen LogP contribution < -0.4 is 4.52 Å². The van der Waals surface area contributed by atoms with Crippen LogP contribution in [0.4, 0.5) is 0 Å². The second kappa shape index (κ2) is 6.43. The highest BCUT2D eigenvalue weighted by Crippen LogP contribution is 2.49. The van der Waals surface area contributed by atoms with E-state index in [1.807, 2.05) is 14.0 Å². The van der Waals surface area contributed by atoms with Crippen molar-refractivity contribution < 1.29 is 9.05 Å². The summed E-state index contributed by atoms with van der Waals surface area (Å²) in [7, 11) is 3.39. The fraction of sp³-hybridized carbons (Fsp3) is 0.667. The van der Waals surface area contributed by atoms with Gasteiger partial charge in [-0.05, 0) is 17.6 Å². The molecule has 1 atom stereocenters. The summed E-state index contributed by atoms with van der Waals surface area (Å²) >= 11 is 13.1. The van der Waals surface area contributed by atoms with Crippen LogP contribution in [0.2, 0.25) is 5.02 Å². The molecule has 0 aromatic carbocycles. The third kappa shape index (κ3) is 3.61. The molecule has 0 N–H and O–H groups in total. The van der Waals surface area contributed by atoms with Crippen molar-refractivity contribution in [1.82, 2.24) is 9.78 Å². The van der Waals surface area contributed by atoms with Gasteiger partial charge in [-0.2, -0.15) is 0 Å². The maximum atomic E-state index is 6.22. The Hall–Kier alpha value is 0.260. The van der Waals surface area contributed by atoms with E-state index in [2.05, 4.69) is 12.0 Å². The lowest BCUT2D eigenvalue weighted by Gasteiger charge is -2.17. The number of thioether (sulfide) groups is 1. The molecule has 17 heavy (non-hydrogen) atoms. The monoisotopic (exact) mass is 314 g/mol. The number of halogens is 1. The van der Waals surface area contributed by atoms with Crippen molar-refractivity contribution in [3.8, 4) is 5.88 Å². The Labute approximate surface area is 116 Å². The van der Waals surface area contributed by atoms with Gasteiger partial charge in [0.05, 0.1) is 0 Å². The molecule has 0 saturated carbocycles. The van der Waals surface area contributed by atoms with E-state index in [1.165, 1.54) is 0 Å². The first-order valence-electron chi connectivity index (χ1n) is 5.17. The smallest absolute Gasteiger partial charge is 0.258 e. The molecular weight excluding hydrogens is 299 g/mol. The first-order chi connectivity index (χ1) is 7.97. The van der Waals surface area contributed by atoms with Gasteiger partial charge in [0.25, 0.3) is 5.88 Å². The zero-order valence-corrected chi connectivity index (χ0v) is 13.6. The largest absolute Gasteiger partial charge is 0.422 e. The maximum Gasteiger partial charge on any atom is 0.258 e. The first-order valence-corrected chi connectivity index (χ1v) is 9.35. The molecule has 0 amide bonds. The molecule has 0 radical (unpaired) electrons.